The largest absolute Gasteiger partial charge is 0.416 e. The van der Waals surface area contributed by atoms with E-state index in [1.807, 2.05) is 0 Å². The molecule has 2 fully saturated rings. The fourth-order valence-corrected chi connectivity index (χ4v) is 4.42. The number of amides is 1. The van der Waals surface area contributed by atoms with E-state index in [0.717, 1.165) is 31.4 Å². The topological polar surface area (TPSA) is 90.2 Å². The molecule has 0 bridgehead atoms. The zero-order valence-electron chi connectivity index (χ0n) is 20.7. The standard InChI is InChI=1S/C26H28F3N5O4/c27-26(28,29)18-5-7-21-20(16-18)32-24(30-9-3-13-38-23-4-1-2-12-37-23)25-31-17-19(34(21)25)6-8-22(35)33-10-14-36-15-11-33/h5,7,16-17,23H,1-4,9-15H2,(H,30,32). The number of hydrogen-bond donors (Lipinski definition) is 1. The van der Waals surface area contributed by atoms with Crippen molar-refractivity contribution in [2.45, 2.75) is 38.1 Å². The van der Waals surface area contributed by atoms with Gasteiger partial charge in [-0.25, -0.2) is 9.97 Å². The van der Waals surface area contributed by atoms with Crippen molar-refractivity contribution in [2.75, 3.05) is 51.4 Å². The average molecular weight is 532 g/mol. The lowest BCUT2D eigenvalue weighted by Crippen LogP contribution is -2.40. The Balaban J connectivity index is 1.41. The highest BCUT2D eigenvalue weighted by atomic mass is 19.4. The third-order valence-corrected chi connectivity index (χ3v) is 6.40. The Morgan fingerprint density at radius 3 is 2.82 bits per heavy atom. The first-order valence-corrected chi connectivity index (χ1v) is 12.6. The van der Waals surface area contributed by atoms with Gasteiger partial charge in [-0.1, -0.05) is 0 Å². The van der Waals surface area contributed by atoms with Gasteiger partial charge in [0.15, 0.2) is 17.8 Å². The van der Waals surface area contributed by atoms with E-state index >= 15 is 0 Å². The second-order valence-corrected chi connectivity index (χ2v) is 9.07. The Hall–Kier alpha value is -3.40. The molecular weight excluding hydrogens is 503 g/mol. The number of carbonyl (C=O) groups is 1. The van der Waals surface area contributed by atoms with Crippen LogP contribution < -0.4 is 5.32 Å². The number of nitrogens with one attached hydrogen (secondary N) is 1. The van der Waals surface area contributed by atoms with E-state index in [0.29, 0.717) is 75.2 Å². The SMILES string of the molecule is O=C(C#Cc1cnc2c(NCCCOC3CCCCO3)nc3cc(C(F)(F)F)ccc3n12)N1CCOCC1. The van der Waals surface area contributed by atoms with Gasteiger partial charge < -0.3 is 24.4 Å². The second kappa shape index (κ2) is 11.6. The maximum Gasteiger partial charge on any atom is 0.416 e. The van der Waals surface area contributed by atoms with Gasteiger partial charge in [0.2, 0.25) is 0 Å². The predicted molar refractivity (Wildman–Crippen MR) is 132 cm³/mol. The van der Waals surface area contributed by atoms with Crippen molar-refractivity contribution >= 4 is 28.4 Å². The zero-order valence-corrected chi connectivity index (χ0v) is 20.7. The van der Waals surface area contributed by atoms with Crippen molar-refractivity contribution in [1.29, 1.82) is 0 Å². The minimum atomic E-state index is -4.51. The van der Waals surface area contributed by atoms with Crippen molar-refractivity contribution in [3.05, 3.63) is 35.7 Å². The van der Waals surface area contributed by atoms with Crippen LogP contribution in [0.1, 0.15) is 36.9 Å². The molecule has 4 heterocycles. The fourth-order valence-electron chi connectivity index (χ4n) is 4.42. The molecule has 0 spiro atoms. The summed E-state index contributed by atoms with van der Waals surface area (Å²) in [6.07, 6.45) is 0.401. The van der Waals surface area contributed by atoms with Crippen molar-refractivity contribution < 1.29 is 32.2 Å². The molecule has 5 rings (SSSR count). The number of aromatic nitrogens is 3. The van der Waals surface area contributed by atoms with Crippen molar-refractivity contribution in [2.24, 2.45) is 0 Å². The van der Waals surface area contributed by atoms with Crippen LogP contribution in [0, 0.1) is 11.8 Å². The molecule has 1 aromatic carbocycles. The number of carbonyl (C=O) groups excluding carboxylic acids is 1. The Morgan fingerprint density at radius 1 is 1.21 bits per heavy atom. The van der Waals surface area contributed by atoms with Crippen LogP contribution in [-0.4, -0.2) is 77.5 Å². The maximum absolute atomic E-state index is 13.4. The lowest BCUT2D eigenvalue weighted by atomic mass is 10.2. The summed E-state index contributed by atoms with van der Waals surface area (Å²) in [6.45, 7) is 3.45. The summed E-state index contributed by atoms with van der Waals surface area (Å²) in [5, 5.41) is 3.17. The van der Waals surface area contributed by atoms with Crippen LogP contribution >= 0.6 is 0 Å². The fraction of sp³-hybridized carbons (Fsp3) is 0.500. The van der Waals surface area contributed by atoms with E-state index in [9.17, 15) is 18.0 Å². The quantitative estimate of drug-likeness (QED) is 0.385. The Labute approximate surface area is 217 Å². The first-order chi connectivity index (χ1) is 18.4. The number of fused-ring (bicyclic) bond motifs is 3. The van der Waals surface area contributed by atoms with Crippen LogP contribution in [0.5, 0.6) is 0 Å². The summed E-state index contributed by atoms with van der Waals surface area (Å²) in [5.41, 5.74) is 0.490. The first kappa shape index (κ1) is 26.2. The minimum Gasteiger partial charge on any atom is -0.378 e. The van der Waals surface area contributed by atoms with Gasteiger partial charge >= 0.3 is 6.18 Å². The second-order valence-electron chi connectivity index (χ2n) is 9.07. The average Bonchev–Trinajstić information content (AvgIpc) is 3.36. The molecule has 1 N–H and O–H groups in total. The Kier molecular flexibility index (Phi) is 7.97. The molecule has 9 nitrogen and oxygen atoms in total. The molecule has 3 aromatic rings. The summed E-state index contributed by atoms with van der Waals surface area (Å²) < 4.78 is 58.5. The molecule has 1 unspecified atom stereocenters. The molecule has 2 saturated heterocycles. The van der Waals surface area contributed by atoms with Gasteiger partial charge in [0.25, 0.3) is 5.91 Å². The van der Waals surface area contributed by atoms with Crippen LogP contribution in [0.25, 0.3) is 16.7 Å². The van der Waals surface area contributed by atoms with Gasteiger partial charge in [0.05, 0.1) is 42.6 Å². The highest BCUT2D eigenvalue weighted by Crippen LogP contribution is 2.32. The van der Waals surface area contributed by atoms with Gasteiger partial charge in [-0.3, -0.25) is 9.20 Å². The Morgan fingerprint density at radius 2 is 2.05 bits per heavy atom. The normalized spacial score (nSPS) is 18.4. The molecule has 0 aliphatic carbocycles. The lowest BCUT2D eigenvalue weighted by Gasteiger charge is -2.24. The predicted octanol–water partition coefficient (Wildman–Crippen LogP) is 3.46. The summed E-state index contributed by atoms with van der Waals surface area (Å²) in [4.78, 5) is 23.0. The zero-order chi connectivity index (χ0) is 26.5. The molecule has 12 heteroatoms. The van der Waals surface area contributed by atoms with E-state index < -0.39 is 11.7 Å². The molecule has 1 atom stereocenters. The third-order valence-electron chi connectivity index (χ3n) is 6.40. The summed E-state index contributed by atoms with van der Waals surface area (Å²) >= 11 is 0. The number of benzene rings is 1. The number of alkyl halides is 3. The van der Waals surface area contributed by atoms with Crippen LogP contribution in [0.3, 0.4) is 0 Å². The number of ether oxygens (including phenoxy) is 3. The van der Waals surface area contributed by atoms with E-state index in [2.05, 4.69) is 27.1 Å². The molecule has 1 amide bonds. The van der Waals surface area contributed by atoms with Crippen LogP contribution in [0.4, 0.5) is 19.0 Å². The molecule has 202 valence electrons. The molecule has 2 aromatic heterocycles. The number of nitrogens with zero attached hydrogens (tertiary/aromatic N) is 4. The van der Waals surface area contributed by atoms with E-state index in [-0.39, 0.29) is 17.7 Å². The maximum atomic E-state index is 13.4. The van der Waals surface area contributed by atoms with Crippen LogP contribution in [0.2, 0.25) is 0 Å². The number of anilines is 1. The monoisotopic (exact) mass is 531 g/mol. The minimum absolute atomic E-state index is 0.127. The van der Waals surface area contributed by atoms with Gasteiger partial charge in [-0.2, -0.15) is 13.2 Å². The summed E-state index contributed by atoms with van der Waals surface area (Å²) in [7, 11) is 0. The molecule has 2 aliphatic heterocycles. The van der Waals surface area contributed by atoms with Gasteiger partial charge in [-0.05, 0) is 49.8 Å². The van der Waals surface area contributed by atoms with Gasteiger partial charge in [-0.15, -0.1) is 0 Å². The van der Waals surface area contributed by atoms with E-state index in [4.69, 9.17) is 14.2 Å². The molecular formula is C26H28F3N5O4. The van der Waals surface area contributed by atoms with Gasteiger partial charge in [0, 0.05) is 32.2 Å². The number of imidazole rings is 1. The van der Waals surface area contributed by atoms with E-state index in [1.165, 1.54) is 12.3 Å². The molecule has 38 heavy (non-hydrogen) atoms. The van der Waals surface area contributed by atoms with E-state index in [1.54, 1.807) is 9.30 Å². The third kappa shape index (κ3) is 6.01. The molecule has 0 radical (unpaired) electrons. The Bertz CT molecular complexity index is 1350. The number of halogens is 3. The highest BCUT2D eigenvalue weighted by molar-refractivity contribution is 5.94. The molecule has 0 saturated carbocycles. The lowest BCUT2D eigenvalue weighted by molar-refractivity contribution is -0.162. The van der Waals surface area contributed by atoms with Crippen LogP contribution in [0.15, 0.2) is 24.4 Å². The number of morpholine rings is 1. The number of hydrogen-bond acceptors (Lipinski definition) is 7. The number of rotatable bonds is 6. The molecule has 2 aliphatic rings. The smallest absolute Gasteiger partial charge is 0.378 e. The van der Waals surface area contributed by atoms with Crippen molar-refractivity contribution in [3.63, 3.8) is 0 Å². The summed E-state index contributed by atoms with van der Waals surface area (Å²) in [5.74, 6) is 5.45. The van der Waals surface area contributed by atoms with Crippen molar-refractivity contribution in [1.82, 2.24) is 19.3 Å². The van der Waals surface area contributed by atoms with Crippen LogP contribution in [-0.2, 0) is 25.2 Å². The van der Waals surface area contributed by atoms with Crippen molar-refractivity contribution in [3.8, 4) is 11.8 Å². The van der Waals surface area contributed by atoms with Gasteiger partial charge in [0.1, 0.15) is 5.69 Å². The summed E-state index contributed by atoms with van der Waals surface area (Å²) in [6, 6.07) is 3.34. The first-order valence-electron chi connectivity index (χ1n) is 12.6. The highest BCUT2D eigenvalue weighted by Gasteiger charge is 2.31.